The molecule has 92 valence electrons. The smallest absolute Gasteiger partial charge is 0.264 e. The van der Waals surface area contributed by atoms with Crippen LogP contribution >= 0.6 is 11.8 Å². The monoisotopic (exact) mass is 261 g/mol. The fraction of sp³-hybridized carbons (Fsp3) is 0.167. The largest absolute Gasteiger partial charge is 0.431 e. The lowest BCUT2D eigenvalue weighted by Crippen LogP contribution is -1.96. The van der Waals surface area contributed by atoms with Crippen molar-refractivity contribution < 1.29 is 9.52 Å². The number of hydrogen-bond acceptors (Lipinski definition) is 5. The molecule has 0 unspecified atom stereocenters. The second kappa shape index (κ2) is 4.47. The number of rotatable bonds is 3. The highest BCUT2D eigenvalue weighted by atomic mass is 32.2. The summed E-state index contributed by atoms with van der Waals surface area (Å²) in [5.74, 6) is 0. The molecule has 18 heavy (non-hydrogen) atoms. The van der Waals surface area contributed by atoms with Crippen LogP contribution in [0.3, 0.4) is 0 Å². The van der Waals surface area contributed by atoms with Gasteiger partial charge in [-0.3, -0.25) is 0 Å². The quantitative estimate of drug-likeness (QED) is 0.783. The molecule has 0 amide bonds. The van der Waals surface area contributed by atoms with E-state index in [1.165, 1.54) is 11.8 Å². The Morgan fingerprint density at radius 2 is 2.22 bits per heavy atom. The lowest BCUT2D eigenvalue weighted by molar-refractivity contribution is 0.271. The highest BCUT2D eigenvalue weighted by molar-refractivity contribution is 7.99. The van der Waals surface area contributed by atoms with Gasteiger partial charge in [0.1, 0.15) is 5.52 Å². The summed E-state index contributed by atoms with van der Waals surface area (Å²) >= 11 is 1.34. The maximum atomic E-state index is 9.10. The highest BCUT2D eigenvalue weighted by Crippen LogP contribution is 2.28. The number of hydrogen-bond donors (Lipinski definition) is 1. The van der Waals surface area contributed by atoms with Crippen molar-refractivity contribution in [2.45, 2.75) is 17.0 Å². The molecule has 1 N–H and O–H groups in total. The fourth-order valence-electron chi connectivity index (χ4n) is 1.64. The van der Waals surface area contributed by atoms with E-state index in [-0.39, 0.29) is 6.61 Å². The molecule has 0 atom stereocenters. The number of para-hydroxylation sites is 2. The van der Waals surface area contributed by atoms with Gasteiger partial charge in [-0.15, -0.1) is 0 Å². The van der Waals surface area contributed by atoms with E-state index >= 15 is 0 Å². The third kappa shape index (κ3) is 1.89. The third-order valence-electron chi connectivity index (χ3n) is 2.66. The van der Waals surface area contributed by atoms with E-state index in [9.17, 15) is 0 Å². The van der Waals surface area contributed by atoms with Crippen LogP contribution in [0, 0.1) is 0 Å². The Labute approximate surface area is 107 Å². The Morgan fingerprint density at radius 1 is 1.39 bits per heavy atom. The summed E-state index contributed by atoms with van der Waals surface area (Å²) in [7, 11) is 1.85. The third-order valence-corrected chi connectivity index (χ3v) is 3.57. The Morgan fingerprint density at radius 3 is 2.94 bits per heavy atom. The minimum absolute atomic E-state index is 0.0301. The lowest BCUT2D eigenvalue weighted by Gasteiger charge is -2.00. The van der Waals surface area contributed by atoms with E-state index in [0.29, 0.717) is 5.22 Å². The zero-order chi connectivity index (χ0) is 12.5. The van der Waals surface area contributed by atoms with Crippen molar-refractivity contribution >= 4 is 22.9 Å². The first-order chi connectivity index (χ1) is 8.78. The summed E-state index contributed by atoms with van der Waals surface area (Å²) in [6.45, 7) is -0.0301. The number of benzene rings is 1. The Hall–Kier alpha value is -1.79. The van der Waals surface area contributed by atoms with Crippen LogP contribution in [0.5, 0.6) is 0 Å². The van der Waals surface area contributed by atoms with Crippen LogP contribution in [0.1, 0.15) is 5.69 Å². The van der Waals surface area contributed by atoms with Gasteiger partial charge in [-0.25, -0.2) is 9.97 Å². The molecule has 3 rings (SSSR count). The topological polar surface area (TPSA) is 64.1 Å². The molecule has 0 spiro atoms. The van der Waals surface area contributed by atoms with Crippen molar-refractivity contribution in [3.05, 3.63) is 36.2 Å². The molecule has 0 fully saturated rings. The molecule has 0 aliphatic rings. The van der Waals surface area contributed by atoms with E-state index in [0.717, 1.165) is 22.0 Å². The Balaban J connectivity index is 1.93. The second-order valence-electron chi connectivity index (χ2n) is 3.80. The standard InChI is InChI=1S/C12H11N3O2S/c1-15-8(7-16)6-13-11(15)18-12-14-9-4-2-3-5-10(9)17-12/h2-6,16H,7H2,1H3. The maximum absolute atomic E-state index is 9.10. The van der Waals surface area contributed by atoms with Gasteiger partial charge < -0.3 is 14.1 Å². The highest BCUT2D eigenvalue weighted by Gasteiger charge is 2.12. The zero-order valence-electron chi connectivity index (χ0n) is 9.70. The zero-order valence-corrected chi connectivity index (χ0v) is 10.5. The van der Waals surface area contributed by atoms with Gasteiger partial charge in [-0.1, -0.05) is 12.1 Å². The molecule has 3 aromatic rings. The van der Waals surface area contributed by atoms with Crippen LogP contribution in [0.2, 0.25) is 0 Å². The molecule has 0 radical (unpaired) electrons. The molecule has 0 aliphatic heterocycles. The van der Waals surface area contributed by atoms with E-state index in [4.69, 9.17) is 9.52 Å². The van der Waals surface area contributed by atoms with Gasteiger partial charge in [0, 0.05) is 18.8 Å². The van der Waals surface area contributed by atoms with Crippen molar-refractivity contribution in [1.29, 1.82) is 0 Å². The molecule has 6 heteroatoms. The summed E-state index contributed by atoms with van der Waals surface area (Å²) in [6.07, 6.45) is 1.64. The summed E-state index contributed by atoms with van der Waals surface area (Å²) in [5, 5.41) is 10.4. The van der Waals surface area contributed by atoms with Crippen molar-refractivity contribution in [2.24, 2.45) is 7.05 Å². The number of oxazole rings is 1. The molecule has 2 aromatic heterocycles. The SMILES string of the molecule is Cn1c(CO)cnc1Sc1nc2ccccc2o1. The van der Waals surface area contributed by atoms with Crippen LogP contribution in [0.25, 0.3) is 11.1 Å². The minimum Gasteiger partial charge on any atom is -0.431 e. The summed E-state index contributed by atoms with van der Waals surface area (Å²) in [4.78, 5) is 8.58. The number of nitrogens with zero attached hydrogens (tertiary/aromatic N) is 3. The first-order valence-electron chi connectivity index (χ1n) is 5.43. The van der Waals surface area contributed by atoms with Gasteiger partial charge in [-0.05, 0) is 12.1 Å². The van der Waals surface area contributed by atoms with Crippen LogP contribution in [-0.2, 0) is 13.7 Å². The van der Waals surface area contributed by atoms with E-state index in [1.807, 2.05) is 35.9 Å². The van der Waals surface area contributed by atoms with Gasteiger partial charge in [0.2, 0.25) is 0 Å². The first kappa shape index (κ1) is 11.3. The Bertz CT molecular complexity index is 657. The number of fused-ring (bicyclic) bond motifs is 1. The molecule has 0 saturated carbocycles. The molecular weight excluding hydrogens is 250 g/mol. The predicted octanol–water partition coefficient (Wildman–Crippen LogP) is 2.20. The first-order valence-corrected chi connectivity index (χ1v) is 6.24. The lowest BCUT2D eigenvalue weighted by atomic mass is 10.3. The number of aromatic nitrogens is 3. The summed E-state index contributed by atoms with van der Waals surface area (Å²) in [5.41, 5.74) is 2.35. The van der Waals surface area contributed by atoms with E-state index in [2.05, 4.69) is 9.97 Å². The molecule has 0 bridgehead atoms. The summed E-state index contributed by atoms with van der Waals surface area (Å²) in [6, 6.07) is 7.61. The van der Waals surface area contributed by atoms with E-state index < -0.39 is 0 Å². The van der Waals surface area contributed by atoms with Crippen molar-refractivity contribution in [3.63, 3.8) is 0 Å². The molecular formula is C12H11N3O2S. The molecule has 1 aromatic carbocycles. The summed E-state index contributed by atoms with van der Waals surface area (Å²) < 4.78 is 7.42. The number of aliphatic hydroxyl groups excluding tert-OH is 1. The fourth-order valence-corrected chi connectivity index (χ4v) is 2.43. The van der Waals surface area contributed by atoms with E-state index in [1.54, 1.807) is 6.20 Å². The van der Waals surface area contributed by atoms with Crippen LogP contribution < -0.4 is 0 Å². The second-order valence-corrected chi connectivity index (χ2v) is 4.72. The van der Waals surface area contributed by atoms with Crippen molar-refractivity contribution in [1.82, 2.24) is 14.5 Å². The normalized spacial score (nSPS) is 11.2. The van der Waals surface area contributed by atoms with Gasteiger partial charge in [0.05, 0.1) is 18.5 Å². The molecule has 2 heterocycles. The van der Waals surface area contributed by atoms with Gasteiger partial charge in [-0.2, -0.15) is 0 Å². The van der Waals surface area contributed by atoms with Crippen LogP contribution in [0.4, 0.5) is 0 Å². The molecule has 0 saturated heterocycles. The number of imidazole rings is 1. The van der Waals surface area contributed by atoms with Crippen molar-refractivity contribution in [3.8, 4) is 0 Å². The minimum atomic E-state index is -0.0301. The number of aliphatic hydroxyl groups is 1. The predicted molar refractivity (Wildman–Crippen MR) is 67.3 cm³/mol. The Kier molecular flexibility index (Phi) is 2.81. The van der Waals surface area contributed by atoms with Crippen molar-refractivity contribution in [2.75, 3.05) is 0 Å². The molecule has 0 aliphatic carbocycles. The van der Waals surface area contributed by atoms with Gasteiger partial charge in [0.25, 0.3) is 5.22 Å². The molecule has 5 nitrogen and oxygen atoms in total. The van der Waals surface area contributed by atoms with Gasteiger partial charge >= 0.3 is 0 Å². The van der Waals surface area contributed by atoms with Crippen LogP contribution in [0.15, 0.2) is 45.3 Å². The maximum Gasteiger partial charge on any atom is 0.264 e. The average molecular weight is 261 g/mol. The van der Waals surface area contributed by atoms with Gasteiger partial charge in [0.15, 0.2) is 10.7 Å². The average Bonchev–Trinajstić information content (AvgIpc) is 2.94. The van der Waals surface area contributed by atoms with Crippen LogP contribution in [-0.4, -0.2) is 19.6 Å².